The molecule has 1 aromatic carbocycles. The van der Waals surface area contributed by atoms with Gasteiger partial charge in [-0.1, -0.05) is 18.2 Å². The van der Waals surface area contributed by atoms with Gasteiger partial charge in [0.2, 0.25) is 0 Å². The number of para-hydroxylation sites is 1. The van der Waals surface area contributed by atoms with Crippen molar-refractivity contribution in [2.45, 2.75) is 6.04 Å². The van der Waals surface area contributed by atoms with Crippen LogP contribution in [0, 0.1) is 0 Å². The summed E-state index contributed by atoms with van der Waals surface area (Å²) in [6.07, 6.45) is 1.84. The number of hydrogen-bond donors (Lipinski definition) is 1. The fraction of sp³-hybridized carbons (Fsp3) is 0.350. The van der Waals surface area contributed by atoms with Crippen molar-refractivity contribution in [2.24, 2.45) is 4.99 Å². The summed E-state index contributed by atoms with van der Waals surface area (Å²) in [6.45, 7) is 5.43. The van der Waals surface area contributed by atoms with Crippen LogP contribution >= 0.6 is 0 Å². The van der Waals surface area contributed by atoms with Crippen LogP contribution in [-0.4, -0.2) is 72.0 Å². The van der Waals surface area contributed by atoms with Crippen LogP contribution in [0.5, 0.6) is 0 Å². The van der Waals surface area contributed by atoms with E-state index in [1.54, 1.807) is 4.90 Å². The van der Waals surface area contributed by atoms with Crippen molar-refractivity contribution >= 4 is 23.4 Å². The van der Waals surface area contributed by atoms with Crippen LogP contribution in [0.4, 0.5) is 16.3 Å². The topological polar surface area (TPSA) is 64.1 Å². The van der Waals surface area contributed by atoms with Gasteiger partial charge in [0.25, 0.3) is 0 Å². The van der Waals surface area contributed by atoms with Gasteiger partial charge in [-0.2, -0.15) is 0 Å². The van der Waals surface area contributed by atoms with Gasteiger partial charge in [-0.3, -0.25) is 14.8 Å². The van der Waals surface area contributed by atoms with Gasteiger partial charge in [0, 0.05) is 44.5 Å². The Kier molecular flexibility index (Phi) is 4.01. The quantitative estimate of drug-likeness (QED) is 0.906. The van der Waals surface area contributed by atoms with Crippen molar-refractivity contribution in [1.82, 2.24) is 14.8 Å². The molecular formula is C20H22N6O. The molecule has 7 nitrogen and oxygen atoms in total. The number of anilines is 2. The first-order valence-electron chi connectivity index (χ1n) is 9.42. The third-order valence-electron chi connectivity index (χ3n) is 5.42. The minimum absolute atomic E-state index is 0.0741. The van der Waals surface area contributed by atoms with E-state index in [4.69, 9.17) is 4.99 Å². The number of fused-ring (bicyclic) bond motifs is 3. The highest BCUT2D eigenvalue weighted by Gasteiger charge is 2.36. The molecule has 1 atom stereocenters. The Balaban J connectivity index is 1.25. The maximum Gasteiger partial charge on any atom is 0.327 e. The zero-order valence-corrected chi connectivity index (χ0v) is 15.1. The molecule has 2 aromatic rings. The van der Waals surface area contributed by atoms with Crippen LogP contribution in [0.2, 0.25) is 0 Å². The summed E-state index contributed by atoms with van der Waals surface area (Å²) < 4.78 is 0. The van der Waals surface area contributed by atoms with E-state index < -0.39 is 0 Å². The lowest BCUT2D eigenvalue weighted by Gasteiger charge is -2.36. The van der Waals surface area contributed by atoms with Gasteiger partial charge < -0.3 is 10.2 Å². The minimum atomic E-state index is -0.0741. The maximum atomic E-state index is 12.4. The molecule has 1 unspecified atom stereocenters. The summed E-state index contributed by atoms with van der Waals surface area (Å²) in [5.74, 6) is 1.86. The average Bonchev–Trinajstić information content (AvgIpc) is 3.14. The Bertz CT molecular complexity index is 875. The molecule has 0 bridgehead atoms. The Morgan fingerprint density at radius 2 is 1.85 bits per heavy atom. The normalized spacial score (nSPS) is 22.1. The first-order chi connectivity index (χ1) is 13.3. The molecule has 27 heavy (non-hydrogen) atoms. The number of aliphatic imine (C=N–C) groups is 1. The van der Waals surface area contributed by atoms with Crippen LogP contribution in [0.1, 0.15) is 5.56 Å². The zero-order valence-electron chi connectivity index (χ0n) is 15.1. The number of nitrogens with one attached hydrogen (secondary N) is 1. The molecule has 3 aliphatic heterocycles. The molecule has 1 saturated heterocycles. The first-order valence-corrected chi connectivity index (χ1v) is 9.42. The van der Waals surface area contributed by atoms with E-state index in [1.165, 1.54) is 0 Å². The number of aromatic nitrogens is 1. The molecule has 5 rings (SSSR count). The van der Waals surface area contributed by atoms with Crippen molar-refractivity contribution < 1.29 is 4.79 Å². The van der Waals surface area contributed by atoms with Crippen LogP contribution < -0.4 is 10.2 Å². The number of nitrogens with zero attached hydrogens (tertiary/aromatic N) is 5. The van der Waals surface area contributed by atoms with E-state index in [9.17, 15) is 4.79 Å². The first kappa shape index (κ1) is 16.3. The molecule has 0 aliphatic carbocycles. The third kappa shape index (κ3) is 3.04. The van der Waals surface area contributed by atoms with Crippen LogP contribution in [0.3, 0.4) is 0 Å². The van der Waals surface area contributed by atoms with Gasteiger partial charge in [0.05, 0.1) is 18.3 Å². The average molecular weight is 362 g/mol. The zero-order chi connectivity index (χ0) is 18.2. The number of amidine groups is 1. The predicted molar refractivity (Wildman–Crippen MR) is 105 cm³/mol. The Morgan fingerprint density at radius 1 is 1.04 bits per heavy atom. The van der Waals surface area contributed by atoms with Crippen molar-refractivity contribution in [2.75, 3.05) is 49.5 Å². The molecule has 1 N–H and O–H groups in total. The van der Waals surface area contributed by atoms with Crippen LogP contribution in [-0.2, 0) is 0 Å². The van der Waals surface area contributed by atoms with Crippen LogP contribution in [0.25, 0.3) is 0 Å². The standard InChI is InChI=1S/C20H22N6O/c27-20-23-17-6-2-1-5-16(17)19-22-15(14-26(19)20)13-24-9-11-25(12-10-24)18-7-3-4-8-21-18/h1-8,15H,9-14H2,(H,23,27). The lowest BCUT2D eigenvalue weighted by molar-refractivity contribution is 0.223. The summed E-state index contributed by atoms with van der Waals surface area (Å²) in [5.41, 5.74) is 1.86. The van der Waals surface area contributed by atoms with Crippen molar-refractivity contribution in [3.63, 3.8) is 0 Å². The summed E-state index contributed by atoms with van der Waals surface area (Å²) >= 11 is 0. The summed E-state index contributed by atoms with van der Waals surface area (Å²) in [7, 11) is 0. The van der Waals surface area contributed by atoms with E-state index in [0.29, 0.717) is 6.54 Å². The highest BCUT2D eigenvalue weighted by Crippen LogP contribution is 2.27. The number of hydrogen-bond acceptors (Lipinski definition) is 5. The van der Waals surface area contributed by atoms with Gasteiger partial charge in [-0.25, -0.2) is 9.78 Å². The second kappa shape index (κ2) is 6.66. The van der Waals surface area contributed by atoms with Crippen LogP contribution in [0.15, 0.2) is 53.7 Å². The lowest BCUT2D eigenvalue weighted by Crippen LogP contribution is -2.49. The molecule has 2 amide bonds. The molecule has 138 valence electrons. The van der Waals surface area contributed by atoms with Gasteiger partial charge in [-0.05, 0) is 24.3 Å². The van der Waals surface area contributed by atoms with Gasteiger partial charge in [0.1, 0.15) is 11.7 Å². The second-order valence-electron chi connectivity index (χ2n) is 7.17. The highest BCUT2D eigenvalue weighted by molar-refractivity contribution is 6.19. The van der Waals surface area contributed by atoms with E-state index in [2.05, 4.69) is 26.2 Å². The Labute approximate surface area is 158 Å². The fourth-order valence-corrected chi connectivity index (χ4v) is 4.04. The molecule has 7 heteroatoms. The number of amides is 2. The molecule has 0 spiro atoms. The molecule has 4 heterocycles. The maximum absolute atomic E-state index is 12.4. The monoisotopic (exact) mass is 362 g/mol. The molecule has 0 saturated carbocycles. The Hall–Kier alpha value is -2.93. The lowest BCUT2D eigenvalue weighted by atomic mass is 10.1. The number of carbonyl (C=O) groups is 1. The minimum Gasteiger partial charge on any atom is -0.354 e. The molecule has 3 aliphatic rings. The number of pyridine rings is 1. The van der Waals surface area contributed by atoms with Gasteiger partial charge in [-0.15, -0.1) is 0 Å². The van der Waals surface area contributed by atoms with Crippen molar-refractivity contribution in [3.8, 4) is 0 Å². The van der Waals surface area contributed by atoms with Crippen molar-refractivity contribution in [1.29, 1.82) is 0 Å². The summed E-state index contributed by atoms with van der Waals surface area (Å²) in [5, 5.41) is 2.96. The van der Waals surface area contributed by atoms with E-state index in [-0.39, 0.29) is 12.1 Å². The third-order valence-corrected chi connectivity index (χ3v) is 5.42. The number of carbonyl (C=O) groups excluding carboxylic acids is 1. The highest BCUT2D eigenvalue weighted by atomic mass is 16.2. The number of rotatable bonds is 3. The number of urea groups is 1. The second-order valence-corrected chi connectivity index (χ2v) is 7.17. The van der Waals surface area contributed by atoms with Gasteiger partial charge in [0.15, 0.2) is 0 Å². The molecule has 1 aromatic heterocycles. The summed E-state index contributed by atoms with van der Waals surface area (Å²) in [6, 6.07) is 14.0. The molecular weight excluding hydrogens is 340 g/mol. The predicted octanol–water partition coefficient (Wildman–Crippen LogP) is 1.88. The molecule has 0 radical (unpaired) electrons. The fourth-order valence-electron chi connectivity index (χ4n) is 4.04. The van der Waals surface area contributed by atoms with E-state index in [1.807, 2.05) is 42.6 Å². The summed E-state index contributed by atoms with van der Waals surface area (Å²) in [4.78, 5) is 28.3. The van der Waals surface area contributed by atoms with E-state index in [0.717, 1.165) is 55.6 Å². The molecule has 1 fully saturated rings. The largest absolute Gasteiger partial charge is 0.354 e. The van der Waals surface area contributed by atoms with E-state index >= 15 is 0 Å². The van der Waals surface area contributed by atoms with Crippen molar-refractivity contribution in [3.05, 3.63) is 54.2 Å². The van der Waals surface area contributed by atoms with Gasteiger partial charge >= 0.3 is 6.03 Å². The number of benzene rings is 1. The number of piperazine rings is 1. The SMILES string of the molecule is O=C1Nc2ccccc2C2=NC(CN3CCN(c4ccccn4)CC3)CN12. The smallest absolute Gasteiger partial charge is 0.327 e. The Morgan fingerprint density at radius 3 is 2.67 bits per heavy atom.